The van der Waals surface area contributed by atoms with Gasteiger partial charge in [-0.1, -0.05) is 24.3 Å². The number of methoxy groups -OCH3 is 2. The molecule has 2 fully saturated rings. The molecule has 24 heavy (non-hydrogen) atoms. The van der Waals surface area contributed by atoms with Crippen molar-refractivity contribution in [1.29, 1.82) is 0 Å². The van der Waals surface area contributed by atoms with Gasteiger partial charge < -0.3 is 19.7 Å². The molecule has 0 saturated carbocycles. The molecule has 0 aromatic heterocycles. The lowest BCUT2D eigenvalue weighted by Crippen LogP contribution is -2.32. The topological polar surface area (TPSA) is 58.9 Å². The van der Waals surface area contributed by atoms with Gasteiger partial charge in [-0.2, -0.15) is 0 Å². The van der Waals surface area contributed by atoms with Crippen molar-refractivity contribution in [2.75, 3.05) is 27.4 Å². The van der Waals surface area contributed by atoms with Gasteiger partial charge in [0.1, 0.15) is 0 Å². The van der Waals surface area contributed by atoms with Crippen LogP contribution < -0.4 is 10.6 Å². The molecule has 2 aliphatic heterocycles. The molecular weight excluding hydrogens is 342 g/mol. The number of aliphatic hydroxyl groups excluding tert-OH is 2. The van der Waals surface area contributed by atoms with E-state index in [1.54, 1.807) is 14.2 Å². The van der Waals surface area contributed by atoms with Gasteiger partial charge in [0.2, 0.25) is 0 Å². The summed E-state index contributed by atoms with van der Waals surface area (Å²) >= 11 is 0. The Morgan fingerprint density at radius 1 is 0.833 bits per heavy atom. The number of benzene rings is 1. The molecule has 0 radical (unpaired) electrons. The van der Waals surface area contributed by atoms with Crippen LogP contribution in [0.25, 0.3) is 0 Å². The van der Waals surface area contributed by atoms with Crippen LogP contribution in [0, 0.1) is 0 Å². The summed E-state index contributed by atoms with van der Waals surface area (Å²) in [6.45, 7) is 0.462. The molecular formula is C18H28O4P2. The Bertz CT molecular complexity index is 471. The summed E-state index contributed by atoms with van der Waals surface area (Å²) in [4.78, 5) is 0. The Kier molecular flexibility index (Phi) is 6.65. The maximum Gasteiger partial charge on any atom is 0.0807 e. The minimum atomic E-state index is -0.546. The molecule has 6 unspecified atom stereocenters. The van der Waals surface area contributed by atoms with Gasteiger partial charge in [0.05, 0.1) is 24.9 Å². The Hall–Kier alpha value is -0.0800. The fourth-order valence-corrected chi connectivity index (χ4v) is 10.9. The summed E-state index contributed by atoms with van der Waals surface area (Å²) in [6.07, 6.45) is 4.11. The lowest BCUT2D eigenvalue weighted by Gasteiger charge is -2.31. The van der Waals surface area contributed by atoms with Crippen LogP contribution in [0.2, 0.25) is 0 Å². The SMILES string of the molecule is COC1CCC(CO)P1c1ccccc1P1C(CO)CCC1OC. The molecule has 3 rings (SSSR count). The second kappa shape index (κ2) is 8.54. The quantitative estimate of drug-likeness (QED) is 0.754. The lowest BCUT2D eigenvalue weighted by molar-refractivity contribution is 0.167. The van der Waals surface area contributed by atoms with E-state index in [-0.39, 0.29) is 24.9 Å². The molecule has 1 aromatic carbocycles. The standard InChI is InChI=1S/C18H28O4P2/c1-21-17-9-7-13(11-19)23(17)15-5-3-4-6-16(15)24-14(12-20)8-10-18(24)22-2/h3-6,13-14,17-20H,7-12H2,1-2H3. The highest BCUT2D eigenvalue weighted by atomic mass is 31.1. The normalized spacial score (nSPS) is 36.3. The van der Waals surface area contributed by atoms with Gasteiger partial charge in [0, 0.05) is 25.5 Å². The zero-order chi connectivity index (χ0) is 17.1. The van der Waals surface area contributed by atoms with Gasteiger partial charge in [-0.25, -0.2) is 0 Å². The highest BCUT2D eigenvalue weighted by Crippen LogP contribution is 2.59. The average Bonchev–Trinajstić information content (AvgIpc) is 3.24. The van der Waals surface area contributed by atoms with Crippen LogP contribution in [-0.4, -0.2) is 60.7 Å². The zero-order valence-corrected chi connectivity index (χ0v) is 16.3. The fourth-order valence-electron chi connectivity index (χ4n) is 4.12. The highest BCUT2D eigenvalue weighted by molar-refractivity contribution is 7.73. The summed E-state index contributed by atoms with van der Waals surface area (Å²) in [6, 6.07) is 8.65. The Balaban J connectivity index is 2.01. The van der Waals surface area contributed by atoms with Crippen molar-refractivity contribution in [2.24, 2.45) is 0 Å². The van der Waals surface area contributed by atoms with E-state index in [0.717, 1.165) is 25.7 Å². The van der Waals surface area contributed by atoms with Crippen LogP contribution in [0.1, 0.15) is 25.7 Å². The number of hydrogen-bond donors (Lipinski definition) is 2. The number of hydrogen-bond acceptors (Lipinski definition) is 4. The molecule has 2 aliphatic rings. The summed E-state index contributed by atoms with van der Waals surface area (Å²) < 4.78 is 11.6. The molecule has 2 N–H and O–H groups in total. The van der Waals surface area contributed by atoms with E-state index < -0.39 is 15.8 Å². The number of aliphatic hydroxyl groups is 2. The van der Waals surface area contributed by atoms with Crippen LogP contribution in [-0.2, 0) is 9.47 Å². The minimum absolute atomic E-state index is 0.226. The first-order valence-corrected chi connectivity index (χ1v) is 11.6. The van der Waals surface area contributed by atoms with E-state index in [4.69, 9.17) is 9.47 Å². The van der Waals surface area contributed by atoms with Crippen LogP contribution in [0.15, 0.2) is 24.3 Å². The van der Waals surface area contributed by atoms with Crippen molar-refractivity contribution < 1.29 is 19.7 Å². The summed E-state index contributed by atoms with van der Waals surface area (Å²) in [5.74, 6) is 0.453. The minimum Gasteiger partial charge on any atom is -0.396 e. The zero-order valence-electron chi connectivity index (χ0n) is 14.5. The second-order valence-corrected chi connectivity index (χ2v) is 11.7. The largest absolute Gasteiger partial charge is 0.396 e. The average molecular weight is 370 g/mol. The van der Waals surface area contributed by atoms with Gasteiger partial charge >= 0.3 is 0 Å². The summed E-state index contributed by atoms with van der Waals surface area (Å²) in [7, 11) is 2.49. The van der Waals surface area contributed by atoms with E-state index in [9.17, 15) is 10.2 Å². The van der Waals surface area contributed by atoms with Crippen LogP contribution in [0.5, 0.6) is 0 Å². The Labute approximate surface area is 147 Å². The first-order valence-electron chi connectivity index (χ1n) is 8.68. The van der Waals surface area contributed by atoms with E-state index in [1.165, 1.54) is 10.6 Å². The molecule has 4 nitrogen and oxygen atoms in total. The molecule has 0 bridgehead atoms. The van der Waals surface area contributed by atoms with Gasteiger partial charge in [0.25, 0.3) is 0 Å². The smallest absolute Gasteiger partial charge is 0.0807 e. The van der Waals surface area contributed by atoms with Gasteiger partial charge in [0.15, 0.2) is 0 Å². The second-order valence-electron chi connectivity index (χ2n) is 6.51. The van der Waals surface area contributed by atoms with E-state index >= 15 is 0 Å². The van der Waals surface area contributed by atoms with Crippen molar-refractivity contribution in [1.82, 2.24) is 0 Å². The van der Waals surface area contributed by atoms with Gasteiger partial charge in [-0.05, 0) is 52.1 Å². The van der Waals surface area contributed by atoms with Crippen molar-refractivity contribution in [3.8, 4) is 0 Å². The molecule has 2 saturated heterocycles. The summed E-state index contributed by atoms with van der Waals surface area (Å²) in [5.41, 5.74) is 0.634. The Morgan fingerprint density at radius 3 is 1.58 bits per heavy atom. The third-order valence-electron chi connectivity index (χ3n) is 5.30. The maximum absolute atomic E-state index is 9.86. The first kappa shape index (κ1) is 18.7. The van der Waals surface area contributed by atoms with Gasteiger partial charge in [-0.15, -0.1) is 0 Å². The fraction of sp³-hybridized carbons (Fsp3) is 0.667. The Morgan fingerprint density at radius 2 is 1.25 bits per heavy atom. The van der Waals surface area contributed by atoms with Crippen molar-refractivity contribution >= 4 is 26.5 Å². The third-order valence-corrected chi connectivity index (χ3v) is 12.0. The molecule has 2 heterocycles. The molecule has 6 heteroatoms. The highest BCUT2D eigenvalue weighted by Gasteiger charge is 2.42. The third kappa shape index (κ3) is 3.43. The van der Waals surface area contributed by atoms with Crippen molar-refractivity contribution in [3.63, 3.8) is 0 Å². The van der Waals surface area contributed by atoms with Crippen LogP contribution in [0.4, 0.5) is 0 Å². The van der Waals surface area contributed by atoms with Crippen molar-refractivity contribution in [3.05, 3.63) is 24.3 Å². The lowest BCUT2D eigenvalue weighted by atomic mass is 10.2. The van der Waals surface area contributed by atoms with Crippen LogP contribution in [0.3, 0.4) is 0 Å². The van der Waals surface area contributed by atoms with E-state index in [2.05, 4.69) is 24.3 Å². The predicted octanol–water partition coefficient (Wildman–Crippen LogP) is 2.16. The monoisotopic (exact) mass is 370 g/mol. The summed E-state index contributed by atoms with van der Waals surface area (Å²) in [5, 5.41) is 22.5. The van der Waals surface area contributed by atoms with Gasteiger partial charge in [-0.3, -0.25) is 0 Å². The molecule has 134 valence electrons. The van der Waals surface area contributed by atoms with E-state index in [0.29, 0.717) is 11.3 Å². The molecule has 0 aliphatic carbocycles. The van der Waals surface area contributed by atoms with E-state index in [1.807, 2.05) is 0 Å². The molecule has 0 spiro atoms. The van der Waals surface area contributed by atoms with Crippen LogP contribution >= 0.6 is 15.8 Å². The molecule has 0 amide bonds. The number of rotatable bonds is 6. The van der Waals surface area contributed by atoms with Crippen molar-refractivity contribution in [2.45, 2.75) is 48.7 Å². The predicted molar refractivity (Wildman–Crippen MR) is 101 cm³/mol. The molecule has 6 atom stereocenters. The maximum atomic E-state index is 9.86. The first-order chi connectivity index (χ1) is 11.7. The molecule has 1 aromatic rings. The number of ether oxygens (including phenoxy) is 2.